The van der Waals surface area contributed by atoms with Gasteiger partial charge >= 0.3 is 0 Å². The predicted octanol–water partition coefficient (Wildman–Crippen LogP) is 3.75. The first-order valence-electron chi connectivity index (χ1n) is 10.7. The van der Waals surface area contributed by atoms with E-state index in [2.05, 4.69) is 63.7 Å². The number of halogens is 1. The average Bonchev–Trinajstić information content (AvgIpc) is 2.95. The summed E-state index contributed by atoms with van der Waals surface area (Å²) in [6.45, 7) is 11.5. The van der Waals surface area contributed by atoms with Gasteiger partial charge < -0.3 is 10.6 Å². The number of guanidine groups is 1. The highest BCUT2D eigenvalue weighted by Crippen LogP contribution is 2.18. The molecule has 0 saturated carbocycles. The van der Waals surface area contributed by atoms with Gasteiger partial charge in [0.25, 0.3) is 0 Å². The van der Waals surface area contributed by atoms with Crippen LogP contribution in [0, 0.1) is 19.8 Å². The summed E-state index contributed by atoms with van der Waals surface area (Å²) in [6.07, 6.45) is 2.70. The quantitative estimate of drug-likeness (QED) is 0.344. The average molecular weight is 524 g/mol. The van der Waals surface area contributed by atoms with Crippen molar-refractivity contribution in [2.45, 2.75) is 53.2 Å². The van der Waals surface area contributed by atoms with Crippen molar-refractivity contribution in [3.05, 3.63) is 52.3 Å². The second kappa shape index (κ2) is 11.7. The highest BCUT2D eigenvalue weighted by atomic mass is 127. The molecule has 2 N–H and O–H groups in total. The molecule has 2 heterocycles. The van der Waals surface area contributed by atoms with Crippen LogP contribution in [0.15, 0.2) is 29.3 Å². The van der Waals surface area contributed by atoms with Crippen LogP contribution in [0.2, 0.25) is 0 Å². The van der Waals surface area contributed by atoms with E-state index in [9.17, 15) is 0 Å². The summed E-state index contributed by atoms with van der Waals surface area (Å²) in [5.74, 6) is 1.63. The Morgan fingerprint density at radius 1 is 1.13 bits per heavy atom. The van der Waals surface area contributed by atoms with Crippen molar-refractivity contribution in [2.24, 2.45) is 18.0 Å². The molecule has 1 atom stereocenters. The molecule has 1 saturated heterocycles. The molecule has 1 aliphatic heterocycles. The highest BCUT2D eigenvalue weighted by molar-refractivity contribution is 14.0. The zero-order valence-electron chi connectivity index (χ0n) is 19.0. The molecule has 1 aromatic heterocycles. The van der Waals surface area contributed by atoms with E-state index in [4.69, 9.17) is 0 Å². The standard InChI is InChI=1S/C23H36N6.HI/c1-17-7-6-12-29(15-17)16-21-10-8-20(9-11-21)13-25-23(24-4)26-14-22-18(2)27-28(5)19(22)3;/h8-11,17H,6-7,12-16H2,1-5H3,(H2,24,25,26);1H. The van der Waals surface area contributed by atoms with Gasteiger partial charge in [0, 0.05) is 51.5 Å². The molecule has 0 bridgehead atoms. The van der Waals surface area contributed by atoms with Crippen LogP contribution in [-0.4, -0.2) is 40.8 Å². The van der Waals surface area contributed by atoms with Crippen molar-refractivity contribution < 1.29 is 0 Å². The lowest BCUT2D eigenvalue weighted by Crippen LogP contribution is -2.36. The number of aryl methyl sites for hydroxylation is 2. The molecule has 30 heavy (non-hydrogen) atoms. The van der Waals surface area contributed by atoms with E-state index < -0.39 is 0 Å². The fraction of sp³-hybridized carbons (Fsp3) is 0.565. The van der Waals surface area contributed by atoms with Gasteiger partial charge in [0.1, 0.15) is 0 Å². The second-order valence-electron chi connectivity index (χ2n) is 8.35. The Morgan fingerprint density at radius 2 is 1.80 bits per heavy atom. The summed E-state index contributed by atoms with van der Waals surface area (Å²) in [7, 11) is 3.79. The molecule has 1 fully saturated rings. The van der Waals surface area contributed by atoms with Crippen LogP contribution in [0.3, 0.4) is 0 Å². The van der Waals surface area contributed by atoms with Crippen LogP contribution in [-0.2, 0) is 26.7 Å². The Labute approximate surface area is 198 Å². The van der Waals surface area contributed by atoms with E-state index in [0.29, 0.717) is 0 Å². The Bertz CT molecular complexity index is 827. The fourth-order valence-electron chi connectivity index (χ4n) is 4.10. The van der Waals surface area contributed by atoms with Gasteiger partial charge in [-0.15, -0.1) is 24.0 Å². The third-order valence-electron chi connectivity index (χ3n) is 5.95. The summed E-state index contributed by atoms with van der Waals surface area (Å²) in [4.78, 5) is 6.93. The number of aliphatic imine (C=N–C) groups is 1. The Hall–Kier alpha value is -1.61. The van der Waals surface area contributed by atoms with Crippen molar-refractivity contribution in [2.75, 3.05) is 20.1 Å². The minimum Gasteiger partial charge on any atom is -0.352 e. The molecule has 0 radical (unpaired) electrons. The molecule has 1 unspecified atom stereocenters. The summed E-state index contributed by atoms with van der Waals surface area (Å²) >= 11 is 0. The fourth-order valence-corrected chi connectivity index (χ4v) is 4.10. The minimum atomic E-state index is 0. The predicted molar refractivity (Wildman–Crippen MR) is 135 cm³/mol. The summed E-state index contributed by atoms with van der Waals surface area (Å²) in [5, 5.41) is 11.3. The molecule has 0 aliphatic carbocycles. The molecule has 3 rings (SSSR count). The number of benzene rings is 1. The van der Waals surface area contributed by atoms with Gasteiger partial charge in [-0.3, -0.25) is 14.6 Å². The van der Waals surface area contributed by atoms with E-state index in [1.165, 1.54) is 48.3 Å². The number of hydrogen-bond acceptors (Lipinski definition) is 3. The maximum Gasteiger partial charge on any atom is 0.191 e. The topological polar surface area (TPSA) is 57.5 Å². The Morgan fingerprint density at radius 3 is 2.40 bits per heavy atom. The first-order valence-corrected chi connectivity index (χ1v) is 10.7. The summed E-state index contributed by atoms with van der Waals surface area (Å²) in [5.41, 5.74) is 6.13. The molecule has 166 valence electrons. The zero-order chi connectivity index (χ0) is 20.8. The lowest BCUT2D eigenvalue weighted by molar-refractivity contribution is 0.176. The Kier molecular flexibility index (Phi) is 9.61. The second-order valence-corrected chi connectivity index (χ2v) is 8.35. The largest absolute Gasteiger partial charge is 0.352 e. The maximum absolute atomic E-state index is 4.47. The zero-order valence-corrected chi connectivity index (χ0v) is 21.4. The van der Waals surface area contributed by atoms with Crippen molar-refractivity contribution in [1.29, 1.82) is 0 Å². The molecule has 0 spiro atoms. The molecule has 2 aromatic rings. The smallest absolute Gasteiger partial charge is 0.191 e. The molecular weight excluding hydrogens is 487 g/mol. The molecule has 0 amide bonds. The van der Waals surface area contributed by atoms with Crippen molar-refractivity contribution >= 4 is 29.9 Å². The normalized spacial score (nSPS) is 17.5. The monoisotopic (exact) mass is 524 g/mol. The number of hydrogen-bond donors (Lipinski definition) is 2. The highest BCUT2D eigenvalue weighted by Gasteiger charge is 2.16. The van der Waals surface area contributed by atoms with Crippen LogP contribution < -0.4 is 10.6 Å². The molecule has 7 heteroatoms. The van der Waals surface area contributed by atoms with E-state index in [1.807, 2.05) is 18.7 Å². The van der Waals surface area contributed by atoms with Crippen LogP contribution in [0.25, 0.3) is 0 Å². The lowest BCUT2D eigenvalue weighted by atomic mass is 9.99. The van der Waals surface area contributed by atoms with Gasteiger partial charge in [-0.25, -0.2) is 0 Å². The van der Waals surface area contributed by atoms with E-state index >= 15 is 0 Å². The molecule has 6 nitrogen and oxygen atoms in total. The molecule has 1 aliphatic rings. The number of nitrogens with one attached hydrogen (secondary N) is 2. The van der Waals surface area contributed by atoms with Crippen LogP contribution in [0.1, 0.15) is 47.8 Å². The third kappa shape index (κ3) is 6.70. The molecular formula is C23H37IN6. The van der Waals surface area contributed by atoms with Crippen LogP contribution in [0.5, 0.6) is 0 Å². The van der Waals surface area contributed by atoms with Gasteiger partial charge in [0.05, 0.1) is 5.69 Å². The number of rotatable bonds is 6. The SMILES string of the molecule is CN=C(NCc1ccc(CN2CCCC(C)C2)cc1)NCc1c(C)nn(C)c1C.I. The Balaban J connectivity index is 0.00000320. The van der Waals surface area contributed by atoms with Crippen LogP contribution >= 0.6 is 24.0 Å². The van der Waals surface area contributed by atoms with Crippen molar-refractivity contribution in [3.8, 4) is 0 Å². The maximum atomic E-state index is 4.47. The number of likely N-dealkylation sites (tertiary alicyclic amines) is 1. The van der Waals surface area contributed by atoms with Crippen molar-refractivity contribution in [1.82, 2.24) is 25.3 Å². The van der Waals surface area contributed by atoms with E-state index in [1.54, 1.807) is 7.05 Å². The summed E-state index contributed by atoms with van der Waals surface area (Å²) in [6, 6.07) is 8.96. The number of nitrogens with zero attached hydrogens (tertiary/aromatic N) is 4. The van der Waals surface area contributed by atoms with E-state index in [-0.39, 0.29) is 24.0 Å². The van der Waals surface area contributed by atoms with Gasteiger partial charge in [-0.2, -0.15) is 5.10 Å². The van der Waals surface area contributed by atoms with Gasteiger partial charge in [0.2, 0.25) is 0 Å². The van der Waals surface area contributed by atoms with Gasteiger partial charge in [-0.1, -0.05) is 31.2 Å². The van der Waals surface area contributed by atoms with E-state index in [0.717, 1.165) is 37.2 Å². The first kappa shape index (κ1) is 24.7. The number of piperidine rings is 1. The van der Waals surface area contributed by atoms with Crippen LogP contribution in [0.4, 0.5) is 0 Å². The summed E-state index contributed by atoms with van der Waals surface area (Å²) < 4.78 is 1.93. The minimum absolute atomic E-state index is 0. The van der Waals surface area contributed by atoms with Gasteiger partial charge in [0.15, 0.2) is 5.96 Å². The lowest BCUT2D eigenvalue weighted by Gasteiger charge is -2.30. The first-order chi connectivity index (χ1) is 14.0. The third-order valence-corrected chi connectivity index (χ3v) is 5.95. The number of aromatic nitrogens is 2. The van der Waals surface area contributed by atoms with Gasteiger partial charge in [-0.05, 0) is 50.3 Å². The molecule has 1 aromatic carbocycles. The van der Waals surface area contributed by atoms with Crippen molar-refractivity contribution in [3.63, 3.8) is 0 Å².